The van der Waals surface area contributed by atoms with Gasteiger partial charge in [-0.15, -0.1) is 24.0 Å². The van der Waals surface area contributed by atoms with Crippen LogP contribution in [-0.4, -0.2) is 89.2 Å². The molecule has 9 nitrogen and oxygen atoms in total. The highest BCUT2D eigenvalue weighted by atomic mass is 127. The number of aliphatic imine (C=N–C) groups is 1. The van der Waals surface area contributed by atoms with E-state index in [-0.39, 0.29) is 42.5 Å². The second-order valence-electron chi connectivity index (χ2n) is 7.53. The molecule has 1 aromatic rings. The molecule has 0 radical (unpaired) electrons. The van der Waals surface area contributed by atoms with Crippen LogP contribution in [0.1, 0.15) is 18.4 Å². The van der Waals surface area contributed by atoms with Gasteiger partial charge < -0.3 is 20.3 Å². The molecule has 1 atom stereocenters. The van der Waals surface area contributed by atoms with Crippen LogP contribution in [0.5, 0.6) is 5.75 Å². The van der Waals surface area contributed by atoms with E-state index < -0.39 is 10.0 Å². The molecular weight excluding hydrogens is 533 g/mol. The number of carbonyl (C=O) groups excluding carboxylic acids is 1. The Kier molecular flexibility index (Phi) is 11.6. The van der Waals surface area contributed by atoms with Crippen LogP contribution in [0.2, 0.25) is 0 Å². The van der Waals surface area contributed by atoms with Crippen LogP contribution in [0.3, 0.4) is 0 Å². The summed E-state index contributed by atoms with van der Waals surface area (Å²) in [4.78, 5) is 17.8. The Bertz CT molecular complexity index is 830. The van der Waals surface area contributed by atoms with Gasteiger partial charge >= 0.3 is 0 Å². The summed E-state index contributed by atoms with van der Waals surface area (Å²) < 4.78 is 30.6. The Balaban J connectivity index is 0.00000480. The number of benzene rings is 1. The van der Waals surface area contributed by atoms with Crippen LogP contribution in [-0.2, 0) is 21.2 Å². The number of hydrogen-bond acceptors (Lipinski definition) is 5. The molecular formula is C20H34IN5O4S. The zero-order valence-electron chi connectivity index (χ0n) is 18.6. The highest BCUT2D eigenvalue weighted by Gasteiger charge is 2.31. The lowest BCUT2D eigenvalue weighted by atomic mass is 10.1. The molecule has 11 heteroatoms. The molecule has 0 saturated carbocycles. The molecule has 1 fully saturated rings. The number of hydrogen-bond donors (Lipinski definition) is 2. The highest BCUT2D eigenvalue weighted by Crippen LogP contribution is 2.19. The Labute approximate surface area is 202 Å². The number of likely N-dealkylation sites (N-methyl/N-ethyl adjacent to an activating group) is 1. The van der Waals surface area contributed by atoms with Crippen molar-refractivity contribution >= 4 is 45.9 Å². The lowest BCUT2D eigenvalue weighted by molar-refractivity contribution is -0.127. The summed E-state index contributed by atoms with van der Waals surface area (Å²) in [5.41, 5.74) is 1.14. The lowest BCUT2D eigenvalue weighted by Crippen LogP contribution is -2.47. The van der Waals surface area contributed by atoms with Gasteiger partial charge in [-0.25, -0.2) is 13.4 Å². The summed E-state index contributed by atoms with van der Waals surface area (Å²) in [5, 5.41) is 6.44. The first-order valence-electron chi connectivity index (χ1n) is 10.0. The zero-order valence-corrected chi connectivity index (χ0v) is 21.8. The number of nitrogens with zero attached hydrogens (tertiary/aromatic N) is 3. The standard InChI is InChI=1S/C20H33N5O4S.HI/c1-24(2)19(26)15-23-20(21-12-11-16-7-9-18(29-3)10-8-16)22-14-17-6-5-13-25(17)30(4,27)28;/h7-10,17H,5-6,11-15H2,1-4H3,(H2,21,22,23);1H/t17-;/m1./s1. The van der Waals surface area contributed by atoms with Gasteiger partial charge in [0, 0.05) is 39.8 Å². The monoisotopic (exact) mass is 567 g/mol. The van der Waals surface area contributed by atoms with E-state index in [1.54, 1.807) is 21.2 Å². The van der Waals surface area contributed by atoms with Crippen molar-refractivity contribution in [1.82, 2.24) is 19.8 Å². The topological polar surface area (TPSA) is 103 Å². The van der Waals surface area contributed by atoms with Gasteiger partial charge in [0.15, 0.2) is 5.96 Å². The quantitative estimate of drug-likeness (QED) is 0.261. The minimum Gasteiger partial charge on any atom is -0.497 e. The molecule has 1 heterocycles. The molecule has 0 unspecified atom stereocenters. The van der Waals surface area contributed by atoms with Gasteiger partial charge in [-0.05, 0) is 37.0 Å². The lowest BCUT2D eigenvalue weighted by Gasteiger charge is -2.23. The van der Waals surface area contributed by atoms with Gasteiger partial charge in [-0.2, -0.15) is 4.31 Å². The number of halogens is 1. The average molecular weight is 567 g/mol. The molecule has 31 heavy (non-hydrogen) atoms. The maximum Gasteiger partial charge on any atom is 0.243 e. The first-order valence-corrected chi connectivity index (χ1v) is 11.9. The fraction of sp³-hybridized carbons (Fsp3) is 0.600. The van der Waals surface area contributed by atoms with E-state index in [2.05, 4.69) is 15.6 Å². The first-order chi connectivity index (χ1) is 14.2. The number of rotatable bonds is 9. The van der Waals surface area contributed by atoms with E-state index in [0.717, 1.165) is 30.6 Å². The Morgan fingerprint density at radius 3 is 2.52 bits per heavy atom. The number of carbonyl (C=O) groups is 1. The molecule has 0 aliphatic carbocycles. The predicted octanol–water partition coefficient (Wildman–Crippen LogP) is 0.903. The Morgan fingerprint density at radius 1 is 1.26 bits per heavy atom. The molecule has 0 bridgehead atoms. The smallest absolute Gasteiger partial charge is 0.243 e. The minimum absolute atomic E-state index is 0. The number of methoxy groups -OCH3 is 1. The second kappa shape index (κ2) is 13.1. The summed E-state index contributed by atoms with van der Waals surface area (Å²) in [6, 6.07) is 7.72. The zero-order chi connectivity index (χ0) is 22.1. The molecule has 2 N–H and O–H groups in total. The molecule has 176 valence electrons. The summed E-state index contributed by atoms with van der Waals surface area (Å²) in [7, 11) is 1.77. The van der Waals surface area contributed by atoms with Gasteiger partial charge in [-0.3, -0.25) is 4.79 Å². The average Bonchev–Trinajstić information content (AvgIpc) is 3.19. The molecule has 2 rings (SSSR count). The highest BCUT2D eigenvalue weighted by molar-refractivity contribution is 14.0. The molecule has 0 spiro atoms. The fourth-order valence-electron chi connectivity index (χ4n) is 3.24. The summed E-state index contributed by atoms with van der Waals surface area (Å²) >= 11 is 0. The van der Waals surface area contributed by atoms with Gasteiger partial charge in [0.1, 0.15) is 12.3 Å². The summed E-state index contributed by atoms with van der Waals surface area (Å²) in [6.45, 7) is 1.62. The molecule has 1 aliphatic heterocycles. The maximum atomic E-state index is 11.9. The van der Waals surface area contributed by atoms with E-state index in [4.69, 9.17) is 4.74 Å². The SMILES string of the molecule is COc1ccc(CCNC(=NCC(=O)N(C)C)NC[C@H]2CCCN2S(C)(=O)=O)cc1.I. The third kappa shape index (κ3) is 9.19. The van der Waals surface area contributed by atoms with E-state index in [9.17, 15) is 13.2 Å². The first kappa shape index (κ1) is 27.4. The van der Waals surface area contributed by atoms with E-state index in [0.29, 0.717) is 25.6 Å². The van der Waals surface area contributed by atoms with Crippen molar-refractivity contribution in [3.8, 4) is 5.75 Å². The van der Waals surface area contributed by atoms with Crippen LogP contribution in [0.25, 0.3) is 0 Å². The van der Waals surface area contributed by atoms with Crippen molar-refractivity contribution in [2.24, 2.45) is 4.99 Å². The van der Waals surface area contributed by atoms with Crippen LogP contribution in [0.15, 0.2) is 29.3 Å². The van der Waals surface area contributed by atoms with Crippen molar-refractivity contribution in [1.29, 1.82) is 0 Å². The van der Waals surface area contributed by atoms with Gasteiger partial charge in [0.2, 0.25) is 15.9 Å². The van der Waals surface area contributed by atoms with Gasteiger partial charge in [0.25, 0.3) is 0 Å². The summed E-state index contributed by atoms with van der Waals surface area (Å²) in [6.07, 6.45) is 3.65. The van der Waals surface area contributed by atoms with Crippen molar-refractivity contribution in [3.63, 3.8) is 0 Å². The van der Waals surface area contributed by atoms with Crippen molar-refractivity contribution in [2.75, 3.05) is 53.6 Å². The number of guanidine groups is 1. The predicted molar refractivity (Wildman–Crippen MR) is 134 cm³/mol. The second-order valence-corrected chi connectivity index (χ2v) is 9.46. The molecule has 1 aromatic carbocycles. The molecule has 1 saturated heterocycles. The van der Waals surface area contributed by atoms with Crippen molar-refractivity contribution < 1.29 is 17.9 Å². The number of sulfonamides is 1. The largest absolute Gasteiger partial charge is 0.497 e. The third-order valence-corrected chi connectivity index (χ3v) is 6.32. The third-order valence-electron chi connectivity index (χ3n) is 4.99. The Hall–Kier alpha value is -1.60. The number of ether oxygens (including phenoxy) is 1. The maximum absolute atomic E-state index is 11.9. The van der Waals surface area contributed by atoms with E-state index in [1.807, 2.05) is 24.3 Å². The van der Waals surface area contributed by atoms with Gasteiger partial charge in [0.05, 0.1) is 13.4 Å². The normalized spacial score (nSPS) is 17.0. The fourth-order valence-corrected chi connectivity index (χ4v) is 4.43. The molecule has 0 aromatic heterocycles. The number of nitrogens with one attached hydrogen (secondary N) is 2. The van der Waals surface area contributed by atoms with Crippen LogP contribution < -0.4 is 15.4 Å². The minimum atomic E-state index is -3.23. The number of amides is 1. The van der Waals surface area contributed by atoms with E-state index in [1.165, 1.54) is 15.5 Å². The van der Waals surface area contributed by atoms with Crippen LogP contribution >= 0.6 is 24.0 Å². The van der Waals surface area contributed by atoms with Gasteiger partial charge in [-0.1, -0.05) is 12.1 Å². The molecule has 1 aliphatic rings. The Morgan fingerprint density at radius 2 is 1.94 bits per heavy atom. The van der Waals surface area contributed by atoms with Crippen molar-refractivity contribution in [2.45, 2.75) is 25.3 Å². The van der Waals surface area contributed by atoms with Crippen LogP contribution in [0.4, 0.5) is 0 Å². The van der Waals surface area contributed by atoms with Crippen molar-refractivity contribution in [3.05, 3.63) is 29.8 Å². The van der Waals surface area contributed by atoms with E-state index >= 15 is 0 Å². The van der Waals surface area contributed by atoms with Crippen LogP contribution in [0, 0.1) is 0 Å². The summed E-state index contributed by atoms with van der Waals surface area (Å²) in [5.74, 6) is 1.20. The molecule has 1 amide bonds.